The Balaban J connectivity index is 1.90. The van der Waals surface area contributed by atoms with Crippen molar-refractivity contribution in [2.45, 2.75) is 46.1 Å². The van der Waals surface area contributed by atoms with Gasteiger partial charge < -0.3 is 5.73 Å². The Morgan fingerprint density at radius 3 is 2.25 bits per heavy atom. The molecule has 0 aliphatic carbocycles. The predicted octanol–water partition coefficient (Wildman–Crippen LogP) is 4.63. The van der Waals surface area contributed by atoms with Crippen molar-refractivity contribution in [2.24, 2.45) is 5.73 Å². The average molecular weight is 267 g/mol. The predicted molar refractivity (Wildman–Crippen MR) is 87.0 cm³/mol. The van der Waals surface area contributed by atoms with E-state index in [0.29, 0.717) is 0 Å². The zero-order valence-electron chi connectivity index (χ0n) is 12.8. The molecular weight excluding hydrogens is 242 g/mol. The maximum atomic E-state index is 6.33. The van der Waals surface area contributed by atoms with Gasteiger partial charge in [0.15, 0.2) is 0 Å². The van der Waals surface area contributed by atoms with Crippen molar-refractivity contribution < 1.29 is 0 Å². The molecule has 1 heteroatoms. The fraction of sp³-hybridized carbons (Fsp3) is 0.368. The Hall–Kier alpha value is -1.60. The second-order valence-corrected chi connectivity index (χ2v) is 5.91. The van der Waals surface area contributed by atoms with Gasteiger partial charge in [-0.3, -0.25) is 0 Å². The van der Waals surface area contributed by atoms with Crippen LogP contribution in [0.25, 0.3) is 0 Å². The fourth-order valence-electron chi connectivity index (χ4n) is 2.78. The highest BCUT2D eigenvalue weighted by Crippen LogP contribution is 2.20. The average Bonchev–Trinajstić information content (AvgIpc) is 2.37. The van der Waals surface area contributed by atoms with Crippen molar-refractivity contribution in [1.82, 2.24) is 0 Å². The van der Waals surface area contributed by atoms with E-state index in [9.17, 15) is 0 Å². The van der Waals surface area contributed by atoms with Gasteiger partial charge in [-0.05, 0) is 51.2 Å². The van der Waals surface area contributed by atoms with E-state index in [2.05, 4.69) is 63.2 Å². The summed E-state index contributed by atoms with van der Waals surface area (Å²) in [5, 5.41) is 0. The summed E-state index contributed by atoms with van der Waals surface area (Å²) in [6, 6.07) is 15.5. The maximum Gasteiger partial charge on any atom is 0.0295 e. The molecular formula is C19H25N. The van der Waals surface area contributed by atoms with Gasteiger partial charge in [0.25, 0.3) is 0 Å². The summed E-state index contributed by atoms with van der Waals surface area (Å²) in [5.41, 5.74) is 12.9. The van der Waals surface area contributed by atoms with Crippen LogP contribution < -0.4 is 5.73 Å². The van der Waals surface area contributed by atoms with E-state index in [1.165, 1.54) is 27.8 Å². The van der Waals surface area contributed by atoms with Gasteiger partial charge in [0.2, 0.25) is 0 Å². The molecule has 0 bridgehead atoms. The highest BCUT2D eigenvalue weighted by Gasteiger charge is 2.07. The van der Waals surface area contributed by atoms with Crippen LogP contribution in [0, 0.1) is 20.8 Å². The molecule has 0 saturated heterocycles. The van der Waals surface area contributed by atoms with Crippen LogP contribution in [0.4, 0.5) is 0 Å². The van der Waals surface area contributed by atoms with Gasteiger partial charge in [0.05, 0.1) is 0 Å². The Labute approximate surface area is 122 Å². The molecule has 0 aromatic heterocycles. The summed E-state index contributed by atoms with van der Waals surface area (Å²) in [4.78, 5) is 0. The minimum Gasteiger partial charge on any atom is -0.324 e. The van der Waals surface area contributed by atoms with Crippen molar-refractivity contribution in [3.05, 3.63) is 70.3 Å². The van der Waals surface area contributed by atoms with Crippen LogP contribution in [-0.4, -0.2) is 0 Å². The molecule has 2 N–H and O–H groups in total. The molecule has 20 heavy (non-hydrogen) atoms. The van der Waals surface area contributed by atoms with Crippen LogP contribution in [0.5, 0.6) is 0 Å². The summed E-state index contributed by atoms with van der Waals surface area (Å²) in [7, 11) is 0. The van der Waals surface area contributed by atoms with E-state index in [1.54, 1.807) is 0 Å². The van der Waals surface area contributed by atoms with Gasteiger partial charge in [0.1, 0.15) is 0 Å². The molecule has 2 rings (SSSR count). The maximum absolute atomic E-state index is 6.33. The number of benzene rings is 2. The van der Waals surface area contributed by atoms with Gasteiger partial charge in [0, 0.05) is 6.04 Å². The molecule has 1 atom stereocenters. The highest BCUT2D eigenvalue weighted by atomic mass is 14.6. The number of hydrogen-bond acceptors (Lipinski definition) is 1. The van der Waals surface area contributed by atoms with Crippen LogP contribution in [0.2, 0.25) is 0 Å². The molecule has 0 heterocycles. The molecule has 106 valence electrons. The molecule has 0 spiro atoms. The topological polar surface area (TPSA) is 26.0 Å². The molecule has 0 amide bonds. The molecule has 1 nitrogen and oxygen atoms in total. The van der Waals surface area contributed by atoms with Gasteiger partial charge in [-0.15, -0.1) is 0 Å². The van der Waals surface area contributed by atoms with Crippen LogP contribution in [0.15, 0.2) is 42.5 Å². The van der Waals surface area contributed by atoms with Crippen LogP contribution in [0.1, 0.15) is 46.7 Å². The third-order valence-corrected chi connectivity index (χ3v) is 3.74. The molecule has 0 radical (unpaired) electrons. The van der Waals surface area contributed by atoms with E-state index < -0.39 is 0 Å². The molecule has 0 aliphatic rings. The Morgan fingerprint density at radius 2 is 1.60 bits per heavy atom. The van der Waals surface area contributed by atoms with Gasteiger partial charge in [-0.1, -0.05) is 59.2 Å². The lowest BCUT2D eigenvalue weighted by Crippen LogP contribution is -2.11. The summed E-state index contributed by atoms with van der Waals surface area (Å²) in [6.07, 6.45) is 3.29. The van der Waals surface area contributed by atoms with Crippen molar-refractivity contribution in [3.63, 3.8) is 0 Å². The van der Waals surface area contributed by atoms with Crippen molar-refractivity contribution in [2.75, 3.05) is 0 Å². The molecule has 2 aromatic carbocycles. The number of hydrogen-bond donors (Lipinski definition) is 1. The second kappa shape index (κ2) is 6.71. The van der Waals surface area contributed by atoms with Gasteiger partial charge >= 0.3 is 0 Å². The van der Waals surface area contributed by atoms with Crippen molar-refractivity contribution in [3.8, 4) is 0 Å². The number of rotatable bonds is 5. The molecule has 0 aliphatic heterocycles. The second-order valence-electron chi connectivity index (χ2n) is 5.91. The number of nitrogens with two attached hydrogens (primary N) is 1. The monoisotopic (exact) mass is 267 g/mol. The first-order valence-corrected chi connectivity index (χ1v) is 7.44. The Kier molecular flexibility index (Phi) is 4.97. The minimum absolute atomic E-state index is 0.151. The fourth-order valence-corrected chi connectivity index (χ4v) is 2.78. The van der Waals surface area contributed by atoms with E-state index in [0.717, 1.165) is 19.3 Å². The molecule has 0 saturated carbocycles. The van der Waals surface area contributed by atoms with Crippen LogP contribution in [0.3, 0.4) is 0 Å². The third kappa shape index (κ3) is 4.21. The normalized spacial score (nSPS) is 12.4. The molecule has 0 fully saturated rings. The van der Waals surface area contributed by atoms with Crippen LogP contribution in [-0.2, 0) is 6.42 Å². The smallest absolute Gasteiger partial charge is 0.0295 e. The summed E-state index contributed by atoms with van der Waals surface area (Å²) < 4.78 is 0. The Morgan fingerprint density at radius 1 is 0.900 bits per heavy atom. The zero-order valence-corrected chi connectivity index (χ0v) is 12.8. The SMILES string of the molecule is Cc1cccc(CCCC(N)c2cc(C)cc(C)c2)c1. The van der Waals surface area contributed by atoms with E-state index in [4.69, 9.17) is 5.73 Å². The standard InChI is InChI=1S/C19H25N/c1-14-6-4-7-17(11-14)8-5-9-19(20)18-12-15(2)10-16(3)13-18/h4,6-7,10-13,19H,5,8-9,20H2,1-3H3. The lowest BCUT2D eigenvalue weighted by atomic mass is 9.96. The van der Waals surface area contributed by atoms with E-state index in [1.807, 2.05) is 0 Å². The molecule has 1 unspecified atom stereocenters. The minimum atomic E-state index is 0.151. The van der Waals surface area contributed by atoms with E-state index >= 15 is 0 Å². The van der Waals surface area contributed by atoms with Crippen molar-refractivity contribution in [1.29, 1.82) is 0 Å². The third-order valence-electron chi connectivity index (χ3n) is 3.74. The van der Waals surface area contributed by atoms with Crippen LogP contribution >= 0.6 is 0 Å². The largest absolute Gasteiger partial charge is 0.324 e. The van der Waals surface area contributed by atoms with Gasteiger partial charge in [-0.25, -0.2) is 0 Å². The zero-order chi connectivity index (χ0) is 14.5. The van der Waals surface area contributed by atoms with Gasteiger partial charge in [-0.2, -0.15) is 0 Å². The lowest BCUT2D eigenvalue weighted by Gasteiger charge is -2.14. The lowest BCUT2D eigenvalue weighted by molar-refractivity contribution is 0.611. The summed E-state index contributed by atoms with van der Waals surface area (Å²) in [6.45, 7) is 6.41. The first kappa shape index (κ1) is 14.8. The summed E-state index contributed by atoms with van der Waals surface area (Å²) in [5.74, 6) is 0. The van der Waals surface area contributed by atoms with Crippen molar-refractivity contribution >= 4 is 0 Å². The van der Waals surface area contributed by atoms with E-state index in [-0.39, 0.29) is 6.04 Å². The Bertz CT molecular complexity index is 551. The quantitative estimate of drug-likeness (QED) is 0.839. The highest BCUT2D eigenvalue weighted by molar-refractivity contribution is 5.30. The summed E-state index contributed by atoms with van der Waals surface area (Å²) >= 11 is 0. The first-order valence-electron chi connectivity index (χ1n) is 7.44. The first-order chi connectivity index (χ1) is 9.54. The number of aryl methyl sites for hydroxylation is 4. The molecule has 2 aromatic rings.